The van der Waals surface area contributed by atoms with Gasteiger partial charge < -0.3 is 5.32 Å². The Morgan fingerprint density at radius 3 is 2.29 bits per heavy atom. The lowest BCUT2D eigenvalue weighted by Gasteiger charge is -2.09. The Labute approximate surface area is 119 Å². The molecule has 0 fully saturated rings. The molecule has 1 N–H and O–H groups in total. The summed E-state index contributed by atoms with van der Waals surface area (Å²) in [6.45, 7) is 0. The highest BCUT2D eigenvalue weighted by molar-refractivity contribution is 9.11. The molecule has 0 aliphatic carbocycles. The second-order valence-electron chi connectivity index (χ2n) is 3.14. The van der Waals surface area contributed by atoms with Gasteiger partial charge in [-0.1, -0.05) is 0 Å². The first kappa shape index (κ1) is 14.6. The number of nitrogens with one attached hydrogen (secondary N) is 1. The quantitative estimate of drug-likeness (QED) is 0.635. The fraction of sp³-hybridized carbons (Fsp3) is 0.200. The topological polar surface area (TPSA) is 46.2 Å². The van der Waals surface area contributed by atoms with E-state index in [9.17, 15) is 14.0 Å². The van der Waals surface area contributed by atoms with Crippen molar-refractivity contribution < 1.29 is 14.0 Å². The van der Waals surface area contributed by atoms with Crippen molar-refractivity contribution >= 4 is 60.8 Å². The van der Waals surface area contributed by atoms with E-state index in [0.29, 0.717) is 14.6 Å². The van der Waals surface area contributed by atoms with Gasteiger partial charge >= 0.3 is 0 Å². The minimum absolute atomic E-state index is 0.209. The zero-order valence-electron chi connectivity index (χ0n) is 8.40. The monoisotopic (exact) mass is 385 g/mol. The summed E-state index contributed by atoms with van der Waals surface area (Å²) in [5.41, 5.74) is 0.374. The highest BCUT2D eigenvalue weighted by atomic mass is 79.9. The number of rotatable bonds is 4. The Morgan fingerprint density at radius 1 is 1.29 bits per heavy atom. The normalized spacial score (nSPS) is 10.1. The van der Waals surface area contributed by atoms with Gasteiger partial charge in [-0.05, 0) is 44.0 Å². The molecule has 0 atom stereocenters. The van der Waals surface area contributed by atoms with Crippen LogP contribution in [0.4, 0.5) is 10.1 Å². The van der Waals surface area contributed by atoms with Gasteiger partial charge in [0.05, 0.1) is 18.0 Å². The summed E-state index contributed by atoms with van der Waals surface area (Å²) in [6.07, 6.45) is -0.306. The van der Waals surface area contributed by atoms with Crippen LogP contribution in [0.25, 0.3) is 0 Å². The minimum atomic E-state index is -0.497. The van der Waals surface area contributed by atoms with E-state index in [2.05, 4.69) is 37.2 Å². The van der Waals surface area contributed by atoms with E-state index in [-0.39, 0.29) is 18.1 Å². The molecule has 0 unspecified atom stereocenters. The predicted molar refractivity (Wildman–Crippen MR) is 70.8 cm³/mol. The largest absolute Gasteiger partial charge is 0.324 e. The molecule has 1 amide bonds. The number of hydrogen-bond donors (Lipinski definition) is 1. The zero-order valence-corrected chi connectivity index (χ0v) is 12.3. The molecule has 0 radical (unpaired) electrons. The summed E-state index contributed by atoms with van der Waals surface area (Å²) in [5, 5.41) is 2.49. The van der Waals surface area contributed by atoms with E-state index >= 15 is 0 Å². The number of amides is 1. The summed E-state index contributed by atoms with van der Waals surface area (Å²) in [6, 6.07) is 2.42. The number of halogens is 4. The van der Waals surface area contributed by atoms with E-state index in [0.717, 1.165) is 0 Å². The van der Waals surface area contributed by atoms with Crippen LogP contribution in [0.15, 0.2) is 21.1 Å². The first-order valence-electron chi connectivity index (χ1n) is 4.46. The number of alkyl halides is 1. The molecule has 0 aliphatic rings. The average Bonchev–Trinajstić information content (AvgIpc) is 2.23. The third-order valence-electron chi connectivity index (χ3n) is 1.78. The van der Waals surface area contributed by atoms with Crippen LogP contribution in [-0.4, -0.2) is 17.6 Å². The van der Waals surface area contributed by atoms with E-state index in [1.54, 1.807) is 0 Å². The molecule has 0 spiro atoms. The standard InChI is InChI=1S/C10H7Br2ClFNO2/c11-7-1-5(14)2-8(12)10(7)15-9(17)3-6(16)4-13/h1-2H,3-4H2,(H,15,17). The summed E-state index contributed by atoms with van der Waals surface area (Å²) >= 11 is 11.5. The van der Waals surface area contributed by atoms with E-state index in [1.807, 2.05) is 0 Å². The smallest absolute Gasteiger partial charge is 0.231 e. The molecule has 0 heterocycles. The van der Waals surface area contributed by atoms with Gasteiger partial charge in [0.25, 0.3) is 0 Å². The highest BCUT2D eigenvalue weighted by Gasteiger charge is 2.13. The van der Waals surface area contributed by atoms with Crippen molar-refractivity contribution in [2.45, 2.75) is 6.42 Å². The lowest BCUT2D eigenvalue weighted by atomic mass is 10.2. The SMILES string of the molecule is O=C(CCl)CC(=O)Nc1c(Br)cc(F)cc1Br. The van der Waals surface area contributed by atoms with Gasteiger partial charge in [-0.2, -0.15) is 0 Å². The number of carbonyl (C=O) groups excluding carboxylic acids is 2. The van der Waals surface area contributed by atoms with Crippen molar-refractivity contribution in [3.63, 3.8) is 0 Å². The molecule has 0 aromatic heterocycles. The second kappa shape index (κ2) is 6.47. The van der Waals surface area contributed by atoms with E-state index in [4.69, 9.17) is 11.6 Å². The molecule has 0 saturated carbocycles. The molecule has 1 rings (SSSR count). The maximum absolute atomic E-state index is 13.0. The molecule has 3 nitrogen and oxygen atoms in total. The first-order chi connectivity index (χ1) is 7.93. The molecule has 0 bridgehead atoms. The van der Waals surface area contributed by atoms with Crippen molar-refractivity contribution in [2.75, 3.05) is 11.2 Å². The number of ketones is 1. The van der Waals surface area contributed by atoms with E-state index < -0.39 is 11.7 Å². The van der Waals surface area contributed by atoms with Crippen LogP contribution >= 0.6 is 43.5 Å². The number of Topliss-reactive ketones (excluding diaryl/α,β-unsaturated/α-hetero) is 1. The molecule has 0 aliphatic heterocycles. The van der Waals surface area contributed by atoms with Gasteiger partial charge in [0.1, 0.15) is 5.82 Å². The Morgan fingerprint density at radius 2 is 1.82 bits per heavy atom. The van der Waals surface area contributed by atoms with Gasteiger partial charge in [0, 0.05) is 8.95 Å². The lowest BCUT2D eigenvalue weighted by molar-refractivity contribution is -0.124. The van der Waals surface area contributed by atoms with Crippen molar-refractivity contribution in [3.8, 4) is 0 Å². The van der Waals surface area contributed by atoms with Crippen molar-refractivity contribution in [3.05, 3.63) is 26.9 Å². The summed E-state index contributed by atoms with van der Waals surface area (Å²) in [4.78, 5) is 22.4. The summed E-state index contributed by atoms with van der Waals surface area (Å²) in [7, 11) is 0. The van der Waals surface area contributed by atoms with Crippen LogP contribution in [-0.2, 0) is 9.59 Å². The molecular formula is C10H7Br2ClFNO2. The molecule has 92 valence electrons. The third-order valence-corrected chi connectivity index (χ3v) is 3.33. The maximum Gasteiger partial charge on any atom is 0.231 e. The number of anilines is 1. The number of carbonyl (C=O) groups is 2. The Kier molecular flexibility index (Phi) is 5.55. The average molecular weight is 387 g/mol. The van der Waals surface area contributed by atoms with Gasteiger partial charge in [0.2, 0.25) is 5.91 Å². The molecular weight excluding hydrogens is 380 g/mol. The second-order valence-corrected chi connectivity index (χ2v) is 5.12. The van der Waals surface area contributed by atoms with Crippen LogP contribution in [0.5, 0.6) is 0 Å². The van der Waals surface area contributed by atoms with Gasteiger partial charge in [-0.15, -0.1) is 11.6 Å². The van der Waals surface area contributed by atoms with Crippen molar-refractivity contribution in [1.82, 2.24) is 0 Å². The summed E-state index contributed by atoms with van der Waals surface area (Å²) < 4.78 is 13.7. The van der Waals surface area contributed by atoms with Crippen LogP contribution in [0.3, 0.4) is 0 Å². The minimum Gasteiger partial charge on any atom is -0.324 e. The first-order valence-corrected chi connectivity index (χ1v) is 6.58. The van der Waals surface area contributed by atoms with E-state index in [1.165, 1.54) is 12.1 Å². The van der Waals surface area contributed by atoms with Gasteiger partial charge in [-0.3, -0.25) is 9.59 Å². The third kappa shape index (κ3) is 4.37. The Bertz CT molecular complexity index is 445. The molecule has 1 aromatic rings. The zero-order chi connectivity index (χ0) is 13.0. The molecule has 17 heavy (non-hydrogen) atoms. The predicted octanol–water partition coefficient (Wildman–Crippen LogP) is 3.49. The van der Waals surface area contributed by atoms with Crippen LogP contribution in [0.1, 0.15) is 6.42 Å². The highest BCUT2D eigenvalue weighted by Crippen LogP contribution is 2.32. The summed E-state index contributed by atoms with van der Waals surface area (Å²) in [5.74, 6) is -1.53. The maximum atomic E-state index is 13.0. The van der Waals surface area contributed by atoms with Crippen LogP contribution in [0.2, 0.25) is 0 Å². The van der Waals surface area contributed by atoms with Crippen molar-refractivity contribution in [2.24, 2.45) is 0 Å². The van der Waals surface area contributed by atoms with Gasteiger partial charge in [-0.25, -0.2) is 4.39 Å². The van der Waals surface area contributed by atoms with Crippen LogP contribution < -0.4 is 5.32 Å². The number of benzene rings is 1. The Balaban J connectivity index is 2.82. The van der Waals surface area contributed by atoms with Crippen LogP contribution in [0, 0.1) is 5.82 Å². The lowest BCUT2D eigenvalue weighted by Crippen LogP contribution is -2.17. The van der Waals surface area contributed by atoms with Gasteiger partial charge in [0.15, 0.2) is 5.78 Å². The molecule has 1 aromatic carbocycles. The molecule has 0 saturated heterocycles. The fourth-order valence-electron chi connectivity index (χ4n) is 1.07. The molecule has 7 heteroatoms. The number of hydrogen-bond acceptors (Lipinski definition) is 2. The van der Waals surface area contributed by atoms with Crippen molar-refractivity contribution in [1.29, 1.82) is 0 Å². The Hall–Kier alpha value is -0.460. The fourth-order valence-corrected chi connectivity index (χ4v) is 2.49.